The third-order valence-corrected chi connectivity index (χ3v) is 7.81. The Balaban J connectivity index is 1.33. The van der Waals surface area contributed by atoms with Gasteiger partial charge in [-0.2, -0.15) is 4.72 Å². The van der Waals surface area contributed by atoms with Crippen LogP contribution in [0.15, 0.2) is 77.8 Å². The first kappa shape index (κ1) is 24.2. The van der Waals surface area contributed by atoms with Crippen LogP contribution in [0.3, 0.4) is 0 Å². The van der Waals surface area contributed by atoms with E-state index in [9.17, 15) is 13.2 Å². The molecule has 1 N–H and O–H groups in total. The molecule has 0 aliphatic carbocycles. The van der Waals surface area contributed by atoms with Gasteiger partial charge in [-0.3, -0.25) is 4.79 Å². The van der Waals surface area contributed by atoms with E-state index in [0.29, 0.717) is 27.4 Å². The maximum absolute atomic E-state index is 15.0. The number of benzene rings is 3. The summed E-state index contributed by atoms with van der Waals surface area (Å²) in [6.07, 6.45) is 1.78. The second-order valence-corrected chi connectivity index (χ2v) is 10.5. The molecule has 1 atom stereocenters. The third kappa shape index (κ3) is 4.65. The minimum Gasteiger partial charge on any atom is -0.481 e. The van der Waals surface area contributed by atoms with Crippen molar-refractivity contribution in [3.63, 3.8) is 0 Å². The van der Waals surface area contributed by atoms with E-state index in [1.165, 1.54) is 36.3 Å². The first-order valence-electron chi connectivity index (χ1n) is 11.1. The molecule has 1 amide bonds. The van der Waals surface area contributed by atoms with Gasteiger partial charge in [-0.05, 0) is 65.2 Å². The molecule has 4 aromatic rings. The zero-order valence-electron chi connectivity index (χ0n) is 19.1. The lowest BCUT2D eigenvalue weighted by atomic mass is 10.1. The number of anilines is 1. The standard InChI is InChI=1S/C26H21ClFN3O4S/c1-35-25-9-5-19(15-29-25)18-4-8-24(22(28)14-18)31-11-10-23(26(31)32)30-36(33,34)21-7-3-16-12-20(27)6-2-17(16)13-21/h2-9,12-15,23,30H,10-11H2,1H3/t23-/m0/s1. The number of hydrogen-bond acceptors (Lipinski definition) is 5. The number of amides is 1. The Kier molecular flexibility index (Phi) is 6.38. The van der Waals surface area contributed by atoms with Gasteiger partial charge in [0.05, 0.1) is 17.7 Å². The maximum Gasteiger partial charge on any atom is 0.245 e. The molecule has 5 rings (SSSR count). The van der Waals surface area contributed by atoms with E-state index in [0.717, 1.165) is 5.39 Å². The summed E-state index contributed by atoms with van der Waals surface area (Å²) in [6.45, 7) is 0.183. The fourth-order valence-electron chi connectivity index (χ4n) is 4.22. The van der Waals surface area contributed by atoms with Crippen molar-refractivity contribution < 1.29 is 22.3 Å². The number of carbonyl (C=O) groups excluding carboxylic acids is 1. The first-order chi connectivity index (χ1) is 17.2. The van der Waals surface area contributed by atoms with Crippen molar-refractivity contribution in [2.45, 2.75) is 17.4 Å². The van der Waals surface area contributed by atoms with Crippen molar-refractivity contribution >= 4 is 44.0 Å². The number of sulfonamides is 1. The highest BCUT2D eigenvalue weighted by atomic mass is 35.5. The number of ether oxygens (including phenoxy) is 1. The molecular formula is C26H21ClFN3O4S. The van der Waals surface area contributed by atoms with Crippen LogP contribution in [-0.4, -0.2) is 39.0 Å². The Morgan fingerprint density at radius 3 is 2.50 bits per heavy atom. The second-order valence-electron chi connectivity index (χ2n) is 8.36. The lowest BCUT2D eigenvalue weighted by Crippen LogP contribution is -2.41. The van der Waals surface area contributed by atoms with E-state index < -0.39 is 27.8 Å². The monoisotopic (exact) mass is 525 g/mol. The van der Waals surface area contributed by atoms with Gasteiger partial charge in [0.1, 0.15) is 11.9 Å². The molecule has 2 heterocycles. The highest BCUT2D eigenvalue weighted by molar-refractivity contribution is 7.89. The van der Waals surface area contributed by atoms with Crippen molar-refractivity contribution in [1.82, 2.24) is 9.71 Å². The molecule has 1 fully saturated rings. The fourth-order valence-corrected chi connectivity index (χ4v) is 5.66. The average molecular weight is 526 g/mol. The highest BCUT2D eigenvalue weighted by Gasteiger charge is 2.36. The van der Waals surface area contributed by atoms with E-state index in [4.69, 9.17) is 16.3 Å². The van der Waals surface area contributed by atoms with Crippen LogP contribution in [0.1, 0.15) is 6.42 Å². The lowest BCUT2D eigenvalue weighted by molar-refractivity contribution is -0.118. The van der Waals surface area contributed by atoms with Crippen LogP contribution >= 0.6 is 11.6 Å². The third-order valence-electron chi connectivity index (χ3n) is 6.10. The van der Waals surface area contributed by atoms with Crippen molar-refractivity contribution in [1.29, 1.82) is 0 Å². The van der Waals surface area contributed by atoms with Gasteiger partial charge in [-0.25, -0.2) is 17.8 Å². The number of rotatable bonds is 6. The average Bonchev–Trinajstić information content (AvgIpc) is 3.22. The molecule has 1 aliphatic heterocycles. The molecule has 10 heteroatoms. The summed E-state index contributed by atoms with van der Waals surface area (Å²) < 4.78 is 48.6. The van der Waals surface area contributed by atoms with Crippen LogP contribution in [0.25, 0.3) is 21.9 Å². The number of nitrogens with one attached hydrogen (secondary N) is 1. The number of aromatic nitrogens is 1. The van der Waals surface area contributed by atoms with Crippen molar-refractivity contribution in [3.8, 4) is 17.0 Å². The summed E-state index contributed by atoms with van der Waals surface area (Å²) in [7, 11) is -2.47. The summed E-state index contributed by atoms with van der Waals surface area (Å²) >= 11 is 6.00. The predicted octanol–water partition coefficient (Wildman–Crippen LogP) is 4.79. The van der Waals surface area contributed by atoms with Crippen LogP contribution in [0.4, 0.5) is 10.1 Å². The Morgan fingerprint density at radius 2 is 1.78 bits per heavy atom. The summed E-state index contributed by atoms with van der Waals surface area (Å²) in [5, 5.41) is 2.05. The van der Waals surface area contributed by atoms with Gasteiger partial charge in [-0.15, -0.1) is 0 Å². The molecule has 0 unspecified atom stereocenters. The molecule has 1 saturated heterocycles. The molecule has 0 saturated carbocycles. The van der Waals surface area contributed by atoms with E-state index in [1.807, 2.05) is 0 Å². The molecule has 0 bridgehead atoms. The van der Waals surface area contributed by atoms with E-state index >= 15 is 4.39 Å². The fraction of sp³-hybridized carbons (Fsp3) is 0.154. The van der Waals surface area contributed by atoms with Crippen LogP contribution in [0.2, 0.25) is 5.02 Å². The molecule has 184 valence electrons. The van der Waals surface area contributed by atoms with E-state index in [1.54, 1.807) is 48.7 Å². The van der Waals surface area contributed by atoms with Gasteiger partial charge in [-0.1, -0.05) is 29.8 Å². The topological polar surface area (TPSA) is 88.6 Å². The molecule has 1 aliphatic rings. The summed E-state index contributed by atoms with van der Waals surface area (Å²) in [5.41, 5.74) is 1.37. The number of methoxy groups -OCH3 is 1. The van der Waals surface area contributed by atoms with Gasteiger partial charge in [0.15, 0.2) is 0 Å². The number of nitrogens with zero attached hydrogens (tertiary/aromatic N) is 2. The molecule has 7 nitrogen and oxygen atoms in total. The predicted molar refractivity (Wildman–Crippen MR) is 136 cm³/mol. The number of pyridine rings is 1. The molecule has 3 aromatic carbocycles. The number of hydrogen-bond donors (Lipinski definition) is 1. The van der Waals surface area contributed by atoms with Crippen LogP contribution in [-0.2, 0) is 14.8 Å². The number of carbonyl (C=O) groups is 1. The quantitative estimate of drug-likeness (QED) is 0.391. The van der Waals surface area contributed by atoms with E-state index in [-0.39, 0.29) is 23.5 Å². The zero-order valence-corrected chi connectivity index (χ0v) is 20.7. The van der Waals surface area contributed by atoms with Crippen molar-refractivity contribution in [2.24, 2.45) is 0 Å². The Labute approximate surface area is 212 Å². The normalized spacial score (nSPS) is 16.0. The van der Waals surface area contributed by atoms with Gasteiger partial charge in [0, 0.05) is 29.4 Å². The summed E-state index contributed by atoms with van der Waals surface area (Å²) in [4.78, 5) is 18.5. The van der Waals surface area contributed by atoms with Gasteiger partial charge in [0.25, 0.3) is 0 Å². The summed E-state index contributed by atoms with van der Waals surface area (Å²) in [5.74, 6) is -0.655. The SMILES string of the molecule is COc1ccc(-c2ccc(N3CC[C@H](NS(=O)(=O)c4ccc5cc(Cl)ccc5c4)C3=O)c(F)c2)cn1. The van der Waals surface area contributed by atoms with Gasteiger partial charge >= 0.3 is 0 Å². The van der Waals surface area contributed by atoms with Gasteiger partial charge < -0.3 is 9.64 Å². The second kappa shape index (κ2) is 9.50. The molecule has 1 aromatic heterocycles. The van der Waals surface area contributed by atoms with Crippen molar-refractivity contribution in [3.05, 3.63) is 83.8 Å². The van der Waals surface area contributed by atoms with Gasteiger partial charge in [0.2, 0.25) is 21.8 Å². The minimum absolute atomic E-state index is 0.0345. The highest BCUT2D eigenvalue weighted by Crippen LogP contribution is 2.30. The van der Waals surface area contributed by atoms with E-state index in [2.05, 4.69) is 9.71 Å². The smallest absolute Gasteiger partial charge is 0.245 e. The minimum atomic E-state index is -3.98. The number of fused-ring (bicyclic) bond motifs is 1. The molecule has 36 heavy (non-hydrogen) atoms. The Bertz CT molecular complexity index is 1580. The Hall–Kier alpha value is -3.53. The number of halogens is 2. The largest absolute Gasteiger partial charge is 0.481 e. The lowest BCUT2D eigenvalue weighted by Gasteiger charge is -2.19. The van der Waals surface area contributed by atoms with Crippen LogP contribution in [0, 0.1) is 5.82 Å². The zero-order chi connectivity index (χ0) is 25.4. The molecule has 0 radical (unpaired) electrons. The van der Waals surface area contributed by atoms with Crippen LogP contribution < -0.4 is 14.4 Å². The van der Waals surface area contributed by atoms with Crippen LogP contribution in [0.5, 0.6) is 5.88 Å². The first-order valence-corrected chi connectivity index (χ1v) is 12.9. The molecular weight excluding hydrogens is 505 g/mol. The maximum atomic E-state index is 15.0. The Morgan fingerprint density at radius 1 is 1.03 bits per heavy atom. The van der Waals surface area contributed by atoms with Crippen molar-refractivity contribution in [2.75, 3.05) is 18.6 Å². The molecule has 0 spiro atoms. The summed E-state index contributed by atoms with van der Waals surface area (Å²) in [6, 6.07) is 16.8.